The number of carbonyl (C=O) groups is 1. The van der Waals surface area contributed by atoms with Crippen LogP contribution < -0.4 is 10.6 Å². The van der Waals surface area contributed by atoms with Crippen molar-refractivity contribution in [3.05, 3.63) is 84.0 Å². The fraction of sp³-hybridized carbons (Fsp3) is 0.296. The molecule has 3 aromatic rings. The average Bonchev–Trinajstić information content (AvgIpc) is 3.24. The molecule has 1 aliphatic rings. The zero-order valence-electron chi connectivity index (χ0n) is 19.5. The second-order valence-electron chi connectivity index (χ2n) is 8.67. The summed E-state index contributed by atoms with van der Waals surface area (Å²) in [4.78, 5) is 23.6. The number of rotatable bonds is 7. The molecule has 0 spiro atoms. The number of aromatic nitrogens is 2. The summed E-state index contributed by atoms with van der Waals surface area (Å²) in [5.41, 5.74) is 6.31. The van der Waals surface area contributed by atoms with Crippen LogP contribution in [0.1, 0.15) is 36.0 Å². The molecule has 4 rings (SSSR count). The number of hydrogen-bond donors (Lipinski definition) is 2. The summed E-state index contributed by atoms with van der Waals surface area (Å²) in [5.74, 6) is 0.366. The summed E-state index contributed by atoms with van der Waals surface area (Å²) >= 11 is 0. The Morgan fingerprint density at radius 2 is 2.15 bits per heavy atom. The Morgan fingerprint density at radius 3 is 2.91 bits per heavy atom. The average molecular weight is 442 g/mol. The lowest BCUT2D eigenvalue weighted by Gasteiger charge is -2.16. The smallest absolute Gasteiger partial charge is 0.243 e. The van der Waals surface area contributed by atoms with Crippen molar-refractivity contribution in [2.24, 2.45) is 0 Å². The Bertz CT molecular complexity index is 1200. The van der Waals surface area contributed by atoms with Crippen LogP contribution in [0, 0.1) is 6.92 Å². The van der Waals surface area contributed by atoms with Gasteiger partial charge in [-0.25, -0.2) is 9.97 Å². The van der Waals surface area contributed by atoms with Crippen LogP contribution in [-0.2, 0) is 4.79 Å². The summed E-state index contributed by atoms with van der Waals surface area (Å²) in [6.07, 6.45) is 10.6. The maximum Gasteiger partial charge on any atom is 0.243 e. The number of fused-ring (bicyclic) bond motifs is 1. The molecule has 1 aliphatic heterocycles. The summed E-state index contributed by atoms with van der Waals surface area (Å²) in [6.45, 7) is 6.31. The minimum Gasteiger partial charge on any atom is -0.382 e. The van der Waals surface area contributed by atoms with E-state index in [0.717, 1.165) is 52.8 Å². The number of nitrogens with one attached hydrogen (secondary N) is 2. The standard InChI is InChI=1S/C27H31N5O/c1-4-6-20(14-28-16-26(33)31-24-8-5-7-19(2)11-24)22-12-23-15-29-18-30-27(23)25(13-22)21-9-10-32(3)17-21/h4-8,11-15,18,21,28H,9-10,16-17H2,1-3H3,(H,31,33)/b6-4-,20-14+. The number of anilines is 1. The molecule has 6 heteroatoms. The fourth-order valence-corrected chi connectivity index (χ4v) is 4.39. The van der Waals surface area contributed by atoms with Gasteiger partial charge in [0, 0.05) is 30.0 Å². The number of carbonyl (C=O) groups excluding carboxylic acids is 1. The molecule has 1 atom stereocenters. The third-order valence-electron chi connectivity index (χ3n) is 5.97. The Kier molecular flexibility index (Phi) is 7.15. The molecule has 1 amide bonds. The van der Waals surface area contributed by atoms with Crippen molar-refractivity contribution in [1.82, 2.24) is 20.2 Å². The second kappa shape index (κ2) is 10.4. The van der Waals surface area contributed by atoms with Gasteiger partial charge in [0.05, 0.1) is 12.1 Å². The van der Waals surface area contributed by atoms with Crippen molar-refractivity contribution < 1.29 is 4.79 Å². The van der Waals surface area contributed by atoms with Gasteiger partial charge in [0.2, 0.25) is 5.91 Å². The molecule has 1 fully saturated rings. The number of benzene rings is 2. The first-order chi connectivity index (χ1) is 16.0. The van der Waals surface area contributed by atoms with Crippen LogP contribution in [0.15, 0.2) is 67.3 Å². The monoisotopic (exact) mass is 441 g/mol. The molecule has 170 valence electrons. The van der Waals surface area contributed by atoms with Gasteiger partial charge < -0.3 is 15.5 Å². The summed E-state index contributed by atoms with van der Waals surface area (Å²) in [7, 11) is 2.16. The summed E-state index contributed by atoms with van der Waals surface area (Å²) < 4.78 is 0. The third kappa shape index (κ3) is 5.65. The lowest BCUT2D eigenvalue weighted by Crippen LogP contribution is -2.24. The minimum atomic E-state index is -0.0849. The van der Waals surface area contributed by atoms with E-state index in [0.29, 0.717) is 5.92 Å². The van der Waals surface area contributed by atoms with Gasteiger partial charge in [0.1, 0.15) is 6.33 Å². The Hall–Kier alpha value is -3.51. The quantitative estimate of drug-likeness (QED) is 0.528. The number of likely N-dealkylation sites (N-methyl/N-ethyl adjacent to an activating group) is 1. The van der Waals surface area contributed by atoms with E-state index in [1.54, 1.807) is 6.33 Å². The molecule has 1 saturated heterocycles. The maximum atomic E-state index is 12.4. The third-order valence-corrected chi connectivity index (χ3v) is 5.97. The van der Waals surface area contributed by atoms with E-state index in [1.165, 1.54) is 5.56 Å². The predicted octanol–water partition coefficient (Wildman–Crippen LogP) is 4.50. The van der Waals surface area contributed by atoms with E-state index in [-0.39, 0.29) is 12.5 Å². The second-order valence-corrected chi connectivity index (χ2v) is 8.67. The Labute approximate surface area is 195 Å². The molecule has 2 N–H and O–H groups in total. The molecule has 1 unspecified atom stereocenters. The number of amides is 1. The van der Waals surface area contributed by atoms with Crippen molar-refractivity contribution in [2.45, 2.75) is 26.2 Å². The zero-order chi connectivity index (χ0) is 23.2. The maximum absolute atomic E-state index is 12.4. The summed E-state index contributed by atoms with van der Waals surface area (Å²) in [6, 6.07) is 12.2. The van der Waals surface area contributed by atoms with Crippen molar-refractivity contribution >= 4 is 28.1 Å². The molecule has 2 aromatic carbocycles. The largest absolute Gasteiger partial charge is 0.382 e. The molecule has 0 aliphatic carbocycles. The van der Waals surface area contributed by atoms with Crippen molar-refractivity contribution in [3.8, 4) is 0 Å². The molecule has 0 radical (unpaired) electrons. The van der Waals surface area contributed by atoms with E-state index >= 15 is 0 Å². The van der Waals surface area contributed by atoms with E-state index in [9.17, 15) is 4.79 Å². The van der Waals surface area contributed by atoms with E-state index in [2.05, 4.69) is 50.8 Å². The zero-order valence-corrected chi connectivity index (χ0v) is 19.5. The number of hydrogen-bond acceptors (Lipinski definition) is 5. The van der Waals surface area contributed by atoms with Crippen LogP contribution in [0.3, 0.4) is 0 Å². The summed E-state index contributed by atoms with van der Waals surface area (Å²) in [5, 5.41) is 7.15. The Balaban J connectivity index is 1.56. The SMILES string of the molecule is C/C=C\C(=C/NCC(=O)Nc1cccc(C)c1)c1cc(C2CCN(C)C2)c2ncncc2c1. The van der Waals surface area contributed by atoms with Gasteiger partial charge >= 0.3 is 0 Å². The number of nitrogens with zero attached hydrogens (tertiary/aromatic N) is 3. The lowest BCUT2D eigenvalue weighted by molar-refractivity contribution is -0.115. The van der Waals surface area contributed by atoms with Crippen LogP contribution in [0.4, 0.5) is 5.69 Å². The molecule has 6 nitrogen and oxygen atoms in total. The van der Waals surface area contributed by atoms with Crippen LogP contribution >= 0.6 is 0 Å². The van der Waals surface area contributed by atoms with Gasteiger partial charge in [-0.05, 0) is 86.3 Å². The highest BCUT2D eigenvalue weighted by molar-refractivity contribution is 5.92. The van der Waals surface area contributed by atoms with Gasteiger partial charge in [-0.3, -0.25) is 4.79 Å². The lowest BCUT2D eigenvalue weighted by atomic mass is 9.92. The molecular formula is C27H31N5O. The van der Waals surface area contributed by atoms with Crippen LogP contribution in [-0.4, -0.2) is 47.5 Å². The van der Waals surface area contributed by atoms with Gasteiger partial charge in [0.15, 0.2) is 0 Å². The molecular weight excluding hydrogens is 410 g/mol. The normalized spacial score (nSPS) is 17.1. The molecule has 2 heterocycles. The van der Waals surface area contributed by atoms with Crippen LogP contribution in [0.5, 0.6) is 0 Å². The molecule has 33 heavy (non-hydrogen) atoms. The minimum absolute atomic E-state index is 0.0849. The molecule has 0 bridgehead atoms. The highest BCUT2D eigenvalue weighted by Crippen LogP contribution is 2.33. The van der Waals surface area contributed by atoms with E-state index < -0.39 is 0 Å². The van der Waals surface area contributed by atoms with Crippen molar-refractivity contribution in [3.63, 3.8) is 0 Å². The van der Waals surface area contributed by atoms with Gasteiger partial charge in [-0.1, -0.05) is 24.3 Å². The first-order valence-electron chi connectivity index (χ1n) is 11.4. The van der Waals surface area contributed by atoms with Crippen LogP contribution in [0.25, 0.3) is 16.5 Å². The van der Waals surface area contributed by atoms with Crippen molar-refractivity contribution in [1.29, 1.82) is 0 Å². The number of likely N-dealkylation sites (tertiary alicyclic amines) is 1. The Morgan fingerprint density at radius 1 is 1.27 bits per heavy atom. The predicted molar refractivity (Wildman–Crippen MR) is 135 cm³/mol. The van der Waals surface area contributed by atoms with Gasteiger partial charge in [0.25, 0.3) is 0 Å². The van der Waals surface area contributed by atoms with E-state index in [1.807, 2.05) is 56.6 Å². The first-order valence-corrected chi connectivity index (χ1v) is 11.4. The highest BCUT2D eigenvalue weighted by atomic mass is 16.1. The molecule has 0 saturated carbocycles. The van der Waals surface area contributed by atoms with Crippen LogP contribution in [0.2, 0.25) is 0 Å². The van der Waals surface area contributed by atoms with Crippen molar-refractivity contribution in [2.75, 3.05) is 32.0 Å². The highest BCUT2D eigenvalue weighted by Gasteiger charge is 2.24. The fourth-order valence-electron chi connectivity index (χ4n) is 4.39. The number of aryl methyl sites for hydroxylation is 1. The van der Waals surface area contributed by atoms with E-state index in [4.69, 9.17) is 0 Å². The van der Waals surface area contributed by atoms with Gasteiger partial charge in [-0.2, -0.15) is 0 Å². The topological polar surface area (TPSA) is 70.2 Å². The number of allylic oxidation sites excluding steroid dienone is 3. The van der Waals surface area contributed by atoms with Gasteiger partial charge in [-0.15, -0.1) is 0 Å². The first kappa shape index (κ1) is 22.7. The molecule has 1 aromatic heterocycles.